The number of aromatic nitrogens is 2. The number of rotatable bonds is 3. The van der Waals surface area contributed by atoms with Crippen LogP contribution in [-0.4, -0.2) is 14.9 Å². The van der Waals surface area contributed by atoms with Crippen LogP contribution in [0.15, 0.2) is 71.2 Å². The zero-order valence-electron chi connectivity index (χ0n) is 11.4. The molecule has 1 aliphatic rings. The highest BCUT2D eigenvalue weighted by Gasteiger charge is 2.18. The first-order valence-corrected chi connectivity index (χ1v) is 6.79. The first-order valence-electron chi connectivity index (χ1n) is 6.79. The standard InChI is InChI=1S/C17H15N2O2/c20-15-11-12-19(14-9-5-2-6-10-14)18-16(15)17(21)13-7-3-1-4-8-13/h2-12,17,21H,1H2. The van der Waals surface area contributed by atoms with Crippen molar-refractivity contribution in [3.05, 3.63) is 88.7 Å². The number of hydrogen-bond donors (Lipinski definition) is 1. The summed E-state index contributed by atoms with van der Waals surface area (Å²) < 4.78 is 1.59. The summed E-state index contributed by atoms with van der Waals surface area (Å²) in [5.41, 5.74) is 1.38. The molecule has 2 aromatic rings. The van der Waals surface area contributed by atoms with Crippen molar-refractivity contribution in [3.8, 4) is 5.69 Å². The summed E-state index contributed by atoms with van der Waals surface area (Å²) in [5, 5.41) is 14.7. The molecule has 0 bridgehead atoms. The number of allylic oxidation sites excluding steroid dienone is 2. The van der Waals surface area contributed by atoms with Crippen molar-refractivity contribution < 1.29 is 5.11 Å². The number of aliphatic hydroxyl groups is 1. The Labute approximate surface area is 122 Å². The van der Waals surface area contributed by atoms with Gasteiger partial charge in [0.2, 0.25) is 5.43 Å². The molecular weight excluding hydrogens is 264 g/mol. The fraction of sp³-hybridized carbons (Fsp3) is 0.118. The molecule has 105 valence electrons. The van der Waals surface area contributed by atoms with Gasteiger partial charge in [0.25, 0.3) is 0 Å². The Hall–Kier alpha value is -2.46. The van der Waals surface area contributed by atoms with Crippen LogP contribution in [0.1, 0.15) is 18.2 Å². The molecule has 3 rings (SSSR count). The monoisotopic (exact) mass is 279 g/mol. The Balaban J connectivity index is 2.01. The van der Waals surface area contributed by atoms with Crippen LogP contribution in [0, 0.1) is 6.42 Å². The van der Waals surface area contributed by atoms with Gasteiger partial charge >= 0.3 is 0 Å². The highest BCUT2D eigenvalue weighted by molar-refractivity contribution is 5.35. The van der Waals surface area contributed by atoms with E-state index < -0.39 is 6.10 Å². The minimum Gasteiger partial charge on any atom is -0.382 e. The van der Waals surface area contributed by atoms with Gasteiger partial charge < -0.3 is 5.11 Å². The predicted molar refractivity (Wildman–Crippen MR) is 80.9 cm³/mol. The second kappa shape index (κ2) is 5.89. The van der Waals surface area contributed by atoms with Gasteiger partial charge in [0.1, 0.15) is 11.8 Å². The highest BCUT2D eigenvalue weighted by Crippen LogP contribution is 2.22. The van der Waals surface area contributed by atoms with Crippen molar-refractivity contribution in [2.75, 3.05) is 0 Å². The summed E-state index contributed by atoms with van der Waals surface area (Å²) in [5.74, 6) is 0. The third kappa shape index (κ3) is 2.85. The van der Waals surface area contributed by atoms with Gasteiger partial charge in [0.15, 0.2) is 0 Å². The van der Waals surface area contributed by atoms with Gasteiger partial charge in [0, 0.05) is 12.3 Å². The number of nitrogens with zero attached hydrogens (tertiary/aromatic N) is 2. The van der Waals surface area contributed by atoms with Crippen molar-refractivity contribution in [1.29, 1.82) is 0 Å². The van der Waals surface area contributed by atoms with Crippen LogP contribution in [0.2, 0.25) is 0 Å². The zero-order chi connectivity index (χ0) is 14.7. The molecule has 4 heteroatoms. The molecule has 1 radical (unpaired) electrons. The Kier molecular flexibility index (Phi) is 3.79. The minimum atomic E-state index is -1.01. The largest absolute Gasteiger partial charge is 0.382 e. The topological polar surface area (TPSA) is 55.1 Å². The Bertz CT molecular complexity index is 745. The van der Waals surface area contributed by atoms with E-state index in [1.54, 1.807) is 10.9 Å². The van der Waals surface area contributed by atoms with Crippen molar-refractivity contribution >= 4 is 0 Å². The second-order valence-corrected chi connectivity index (χ2v) is 4.79. The molecule has 1 unspecified atom stereocenters. The molecule has 0 spiro atoms. The van der Waals surface area contributed by atoms with Gasteiger partial charge in [0.05, 0.1) is 5.69 Å². The van der Waals surface area contributed by atoms with Crippen LogP contribution >= 0.6 is 0 Å². The summed E-state index contributed by atoms with van der Waals surface area (Å²) in [4.78, 5) is 12.0. The summed E-state index contributed by atoms with van der Waals surface area (Å²) in [7, 11) is 0. The van der Waals surface area contributed by atoms with Crippen LogP contribution in [0.5, 0.6) is 0 Å². The van der Waals surface area contributed by atoms with Crippen LogP contribution in [0.4, 0.5) is 0 Å². The van der Waals surface area contributed by atoms with Crippen molar-refractivity contribution in [1.82, 2.24) is 9.78 Å². The normalized spacial score (nSPS) is 15.6. The summed E-state index contributed by atoms with van der Waals surface area (Å²) in [6.45, 7) is 0. The molecule has 1 aromatic heterocycles. The van der Waals surface area contributed by atoms with E-state index in [4.69, 9.17) is 0 Å². The Morgan fingerprint density at radius 2 is 2.00 bits per heavy atom. The molecule has 1 atom stereocenters. The third-order valence-corrected chi connectivity index (χ3v) is 3.32. The SMILES string of the molecule is O=c1ccn(-c2ccccc2)nc1C(O)C1=C[CH]CC=C1. The van der Waals surface area contributed by atoms with E-state index in [1.807, 2.05) is 55.0 Å². The molecule has 4 nitrogen and oxygen atoms in total. The predicted octanol–water partition coefficient (Wildman–Crippen LogP) is 2.36. The maximum atomic E-state index is 12.0. The third-order valence-electron chi connectivity index (χ3n) is 3.32. The van der Waals surface area contributed by atoms with E-state index in [2.05, 4.69) is 5.10 Å². The van der Waals surface area contributed by atoms with E-state index in [1.165, 1.54) is 6.07 Å². The molecule has 1 heterocycles. The number of benzene rings is 1. The molecule has 1 N–H and O–H groups in total. The highest BCUT2D eigenvalue weighted by atomic mass is 16.3. The van der Waals surface area contributed by atoms with Crippen LogP contribution in [0.3, 0.4) is 0 Å². The average Bonchev–Trinajstić information content (AvgIpc) is 2.56. The lowest BCUT2D eigenvalue weighted by Gasteiger charge is -2.15. The van der Waals surface area contributed by atoms with E-state index in [0.29, 0.717) is 5.57 Å². The molecule has 0 saturated heterocycles. The fourth-order valence-corrected chi connectivity index (χ4v) is 2.22. The molecule has 0 aliphatic heterocycles. The van der Waals surface area contributed by atoms with Crippen LogP contribution in [-0.2, 0) is 0 Å². The summed E-state index contributed by atoms with van der Waals surface area (Å²) in [6, 6.07) is 10.9. The van der Waals surface area contributed by atoms with Crippen LogP contribution < -0.4 is 5.43 Å². The number of para-hydroxylation sites is 1. The summed E-state index contributed by atoms with van der Waals surface area (Å²) >= 11 is 0. The smallest absolute Gasteiger partial charge is 0.206 e. The van der Waals surface area contributed by atoms with E-state index >= 15 is 0 Å². The maximum absolute atomic E-state index is 12.0. The van der Waals surface area contributed by atoms with Gasteiger partial charge in [-0.1, -0.05) is 36.4 Å². The lowest BCUT2D eigenvalue weighted by molar-refractivity contribution is 0.211. The molecule has 1 aromatic carbocycles. The lowest BCUT2D eigenvalue weighted by atomic mass is 10.00. The number of hydrogen-bond acceptors (Lipinski definition) is 3. The first-order chi connectivity index (χ1) is 10.3. The molecule has 0 amide bonds. The van der Waals surface area contributed by atoms with Gasteiger partial charge in [-0.15, -0.1) is 0 Å². The zero-order valence-corrected chi connectivity index (χ0v) is 11.4. The second-order valence-electron chi connectivity index (χ2n) is 4.79. The molecule has 1 aliphatic carbocycles. The van der Waals surface area contributed by atoms with Gasteiger partial charge in [-0.2, -0.15) is 5.10 Å². The fourth-order valence-electron chi connectivity index (χ4n) is 2.22. The average molecular weight is 279 g/mol. The van der Waals surface area contributed by atoms with Crippen LogP contribution in [0.25, 0.3) is 5.69 Å². The van der Waals surface area contributed by atoms with Gasteiger partial charge in [-0.3, -0.25) is 4.79 Å². The first kappa shape index (κ1) is 13.5. The van der Waals surface area contributed by atoms with E-state index in [-0.39, 0.29) is 11.1 Å². The van der Waals surface area contributed by atoms with Crippen molar-refractivity contribution in [3.63, 3.8) is 0 Å². The maximum Gasteiger partial charge on any atom is 0.206 e. The minimum absolute atomic E-state index is 0.132. The molecular formula is C17H15N2O2. The quantitative estimate of drug-likeness (QED) is 0.938. The van der Waals surface area contributed by atoms with Crippen molar-refractivity contribution in [2.45, 2.75) is 12.5 Å². The van der Waals surface area contributed by atoms with E-state index in [9.17, 15) is 9.90 Å². The van der Waals surface area contributed by atoms with Crippen molar-refractivity contribution in [2.24, 2.45) is 0 Å². The Morgan fingerprint density at radius 3 is 2.71 bits per heavy atom. The van der Waals surface area contributed by atoms with Gasteiger partial charge in [-0.05, 0) is 30.5 Å². The molecule has 21 heavy (non-hydrogen) atoms. The molecule has 0 saturated carbocycles. The number of aliphatic hydroxyl groups excluding tert-OH is 1. The van der Waals surface area contributed by atoms with E-state index in [0.717, 1.165) is 12.1 Å². The summed E-state index contributed by atoms with van der Waals surface area (Å²) in [6.07, 6.45) is 8.96. The lowest BCUT2D eigenvalue weighted by Crippen LogP contribution is -2.20. The molecule has 0 fully saturated rings. The van der Waals surface area contributed by atoms with Gasteiger partial charge in [-0.25, -0.2) is 4.68 Å². The Morgan fingerprint density at radius 1 is 1.19 bits per heavy atom.